The molecule has 0 aliphatic carbocycles. The quantitative estimate of drug-likeness (QED) is 0.367. The molecule has 0 bridgehead atoms. The minimum absolute atomic E-state index is 0.532. The lowest BCUT2D eigenvalue weighted by molar-refractivity contribution is 0.455. The van der Waals surface area contributed by atoms with Crippen molar-refractivity contribution in [1.82, 2.24) is 30.6 Å². The van der Waals surface area contributed by atoms with E-state index in [1.807, 2.05) is 72.8 Å². The molecule has 158 valence electrons. The van der Waals surface area contributed by atoms with Crippen LogP contribution in [0.15, 0.2) is 72.8 Å². The summed E-state index contributed by atoms with van der Waals surface area (Å²) in [6.07, 6.45) is 2.90. The fourth-order valence-electron chi connectivity index (χ4n) is 3.68. The van der Waals surface area contributed by atoms with Crippen LogP contribution in [0.1, 0.15) is 25.5 Å². The number of nitrogens with zero attached hydrogens (tertiary/aromatic N) is 5. The number of ether oxygens (including phenoxy) is 1. The van der Waals surface area contributed by atoms with Crippen LogP contribution >= 0.6 is 0 Å². The molecule has 2 heterocycles. The third-order valence-electron chi connectivity index (χ3n) is 5.27. The predicted octanol–water partition coefficient (Wildman–Crippen LogP) is 5.61. The van der Waals surface area contributed by atoms with Crippen LogP contribution in [0.25, 0.3) is 33.5 Å². The van der Waals surface area contributed by atoms with Crippen LogP contribution < -0.4 is 4.74 Å². The Morgan fingerprint density at radius 1 is 0.781 bits per heavy atom. The first-order chi connectivity index (χ1) is 15.8. The highest BCUT2D eigenvalue weighted by Gasteiger charge is 2.17. The molecule has 5 aromatic rings. The summed E-state index contributed by atoms with van der Waals surface area (Å²) in [5, 5.41) is 14.5. The standard InChI is InChI=1S/C25H22N6O/c1-2-3-13-22-25(27-21-15-8-7-14-20(21)26-22)32-23-16-9-6-11-18(23)17-10-4-5-12-19(17)24-28-30-31-29-24/h4-12,14-16H,2-3,13H2,1H3,(H,28,29,30,31). The first-order valence-corrected chi connectivity index (χ1v) is 10.7. The van der Waals surface area contributed by atoms with Crippen molar-refractivity contribution < 1.29 is 4.74 Å². The zero-order chi connectivity index (χ0) is 21.8. The van der Waals surface area contributed by atoms with Gasteiger partial charge in [-0.2, -0.15) is 5.21 Å². The summed E-state index contributed by atoms with van der Waals surface area (Å²) >= 11 is 0. The number of aromatic amines is 1. The maximum Gasteiger partial charge on any atom is 0.241 e. The summed E-state index contributed by atoms with van der Waals surface area (Å²) < 4.78 is 6.43. The molecule has 2 aromatic heterocycles. The number of nitrogens with one attached hydrogen (secondary N) is 1. The van der Waals surface area contributed by atoms with E-state index in [0.29, 0.717) is 17.5 Å². The highest BCUT2D eigenvalue weighted by molar-refractivity contribution is 5.83. The molecule has 0 unspecified atom stereocenters. The Morgan fingerprint density at radius 3 is 2.22 bits per heavy atom. The molecule has 0 atom stereocenters. The molecule has 5 rings (SSSR count). The second-order valence-corrected chi connectivity index (χ2v) is 7.45. The van der Waals surface area contributed by atoms with Gasteiger partial charge in [0.1, 0.15) is 11.4 Å². The average Bonchev–Trinajstić information content (AvgIpc) is 3.38. The van der Waals surface area contributed by atoms with E-state index in [9.17, 15) is 0 Å². The van der Waals surface area contributed by atoms with Gasteiger partial charge in [-0.3, -0.25) is 0 Å². The summed E-state index contributed by atoms with van der Waals surface area (Å²) in [7, 11) is 0. The first kappa shape index (κ1) is 19.8. The third kappa shape index (κ3) is 3.92. The normalized spacial score (nSPS) is 11.0. The van der Waals surface area contributed by atoms with Crippen LogP contribution in [0.5, 0.6) is 11.6 Å². The van der Waals surface area contributed by atoms with E-state index in [1.54, 1.807) is 0 Å². The van der Waals surface area contributed by atoms with Crippen LogP contribution in [0.3, 0.4) is 0 Å². The van der Waals surface area contributed by atoms with E-state index in [4.69, 9.17) is 14.7 Å². The topological polar surface area (TPSA) is 89.5 Å². The number of aromatic nitrogens is 6. The van der Waals surface area contributed by atoms with Gasteiger partial charge in [0.25, 0.3) is 0 Å². The number of H-pyrrole nitrogens is 1. The molecule has 0 fully saturated rings. The Morgan fingerprint density at radius 2 is 1.47 bits per heavy atom. The SMILES string of the molecule is CCCCc1nc2ccccc2nc1Oc1ccccc1-c1ccccc1-c1nn[nH]n1. The van der Waals surface area contributed by atoms with Crippen molar-refractivity contribution in [2.45, 2.75) is 26.2 Å². The lowest BCUT2D eigenvalue weighted by Crippen LogP contribution is -2.01. The van der Waals surface area contributed by atoms with E-state index >= 15 is 0 Å². The molecular formula is C25H22N6O. The van der Waals surface area contributed by atoms with E-state index in [1.165, 1.54) is 0 Å². The van der Waals surface area contributed by atoms with Gasteiger partial charge in [0, 0.05) is 11.1 Å². The van der Waals surface area contributed by atoms with Crippen molar-refractivity contribution in [3.05, 3.63) is 78.5 Å². The largest absolute Gasteiger partial charge is 0.437 e. The van der Waals surface area contributed by atoms with Gasteiger partial charge in [0.2, 0.25) is 11.7 Å². The number of aryl methyl sites for hydroxylation is 1. The molecule has 0 radical (unpaired) electrons. The second kappa shape index (κ2) is 8.93. The summed E-state index contributed by atoms with van der Waals surface area (Å²) in [5.41, 5.74) is 5.30. The maximum absolute atomic E-state index is 6.43. The van der Waals surface area contributed by atoms with Crippen molar-refractivity contribution >= 4 is 11.0 Å². The van der Waals surface area contributed by atoms with Crippen LogP contribution in [0.2, 0.25) is 0 Å². The first-order valence-electron chi connectivity index (χ1n) is 10.7. The van der Waals surface area contributed by atoms with Gasteiger partial charge in [-0.05, 0) is 41.8 Å². The molecule has 1 N–H and O–H groups in total. The number of rotatable bonds is 7. The molecular weight excluding hydrogens is 400 g/mol. The monoisotopic (exact) mass is 422 g/mol. The number of tetrazole rings is 1. The highest BCUT2D eigenvalue weighted by atomic mass is 16.5. The van der Waals surface area contributed by atoms with Gasteiger partial charge in [-0.1, -0.05) is 67.9 Å². The van der Waals surface area contributed by atoms with Gasteiger partial charge in [0.15, 0.2) is 0 Å². The Bertz CT molecular complexity index is 1350. The smallest absolute Gasteiger partial charge is 0.241 e. The number of hydrogen-bond acceptors (Lipinski definition) is 6. The Labute approximate surface area is 185 Å². The summed E-state index contributed by atoms with van der Waals surface area (Å²) in [4.78, 5) is 9.66. The average molecular weight is 422 g/mol. The molecule has 0 aliphatic heterocycles. The molecule has 0 saturated carbocycles. The number of hydrogen-bond donors (Lipinski definition) is 1. The van der Waals surface area contributed by atoms with Crippen molar-refractivity contribution in [1.29, 1.82) is 0 Å². The lowest BCUT2D eigenvalue weighted by atomic mass is 9.98. The van der Waals surface area contributed by atoms with Crippen molar-refractivity contribution in [2.75, 3.05) is 0 Å². The molecule has 0 amide bonds. The molecule has 32 heavy (non-hydrogen) atoms. The zero-order valence-corrected chi connectivity index (χ0v) is 17.7. The van der Waals surface area contributed by atoms with Crippen molar-refractivity contribution in [3.63, 3.8) is 0 Å². The van der Waals surface area contributed by atoms with Crippen LogP contribution in [0.4, 0.5) is 0 Å². The molecule has 7 nitrogen and oxygen atoms in total. The fourth-order valence-corrected chi connectivity index (χ4v) is 3.68. The predicted molar refractivity (Wildman–Crippen MR) is 123 cm³/mol. The van der Waals surface area contributed by atoms with Gasteiger partial charge < -0.3 is 4.74 Å². The molecule has 7 heteroatoms. The molecule has 3 aromatic carbocycles. The fraction of sp³-hybridized carbons (Fsp3) is 0.160. The minimum Gasteiger partial charge on any atom is -0.437 e. The number of unbranched alkanes of at least 4 members (excludes halogenated alkanes) is 1. The highest BCUT2D eigenvalue weighted by Crippen LogP contribution is 2.38. The van der Waals surface area contributed by atoms with Crippen LogP contribution in [0, 0.1) is 0 Å². The number of para-hydroxylation sites is 3. The van der Waals surface area contributed by atoms with Crippen LogP contribution in [-0.2, 0) is 6.42 Å². The van der Waals surface area contributed by atoms with Gasteiger partial charge in [-0.25, -0.2) is 9.97 Å². The lowest BCUT2D eigenvalue weighted by Gasteiger charge is -2.15. The van der Waals surface area contributed by atoms with E-state index in [-0.39, 0.29) is 0 Å². The van der Waals surface area contributed by atoms with E-state index in [2.05, 4.69) is 27.5 Å². The molecule has 0 saturated heterocycles. The Hall–Kier alpha value is -4.13. The summed E-state index contributed by atoms with van der Waals surface area (Å²) in [6, 6.07) is 23.7. The van der Waals surface area contributed by atoms with Gasteiger partial charge in [0.05, 0.1) is 11.0 Å². The third-order valence-corrected chi connectivity index (χ3v) is 5.27. The van der Waals surface area contributed by atoms with Crippen LogP contribution in [-0.4, -0.2) is 30.6 Å². The van der Waals surface area contributed by atoms with Crippen molar-refractivity contribution in [2.24, 2.45) is 0 Å². The van der Waals surface area contributed by atoms with Gasteiger partial charge >= 0.3 is 0 Å². The van der Waals surface area contributed by atoms with E-state index in [0.717, 1.165) is 52.7 Å². The summed E-state index contributed by atoms with van der Waals surface area (Å²) in [6.45, 7) is 2.17. The number of fused-ring (bicyclic) bond motifs is 1. The summed E-state index contributed by atoms with van der Waals surface area (Å²) in [5.74, 6) is 1.77. The minimum atomic E-state index is 0.532. The molecule has 0 spiro atoms. The zero-order valence-electron chi connectivity index (χ0n) is 17.7. The molecule has 0 aliphatic rings. The van der Waals surface area contributed by atoms with Gasteiger partial charge in [-0.15, -0.1) is 10.2 Å². The second-order valence-electron chi connectivity index (χ2n) is 7.45. The Balaban J connectivity index is 1.60. The maximum atomic E-state index is 6.43. The number of benzene rings is 3. The Kier molecular flexibility index (Phi) is 5.53. The van der Waals surface area contributed by atoms with E-state index < -0.39 is 0 Å². The van der Waals surface area contributed by atoms with Crippen molar-refractivity contribution in [3.8, 4) is 34.1 Å².